The lowest BCUT2D eigenvalue weighted by molar-refractivity contribution is -0.0540. The van der Waals surface area contributed by atoms with Crippen LogP contribution < -0.4 is 0 Å². The van der Waals surface area contributed by atoms with Crippen molar-refractivity contribution in [2.24, 2.45) is 0 Å². The third kappa shape index (κ3) is 5.33. The zero-order chi connectivity index (χ0) is 12.5. The first-order valence-electron chi connectivity index (χ1n) is 6.55. The standard InChI is InChI=1S/C15H24O2/c1-3-4-5-6-7-8-10-13(2)15-14(16)11-9-12-17-15/h5-8,10,14-16H,3-4,9,11-12H2,1-2H3/b6-5+,8-7+,13-10+/t14-,15+/m1/s1. The highest BCUT2D eigenvalue weighted by atomic mass is 16.5. The van der Waals surface area contributed by atoms with Crippen LogP contribution in [0.3, 0.4) is 0 Å². The van der Waals surface area contributed by atoms with Crippen LogP contribution in [0.2, 0.25) is 0 Å². The number of aliphatic hydroxyl groups is 1. The zero-order valence-corrected chi connectivity index (χ0v) is 10.9. The number of allylic oxidation sites excluding steroid dienone is 5. The molecule has 1 aliphatic heterocycles. The van der Waals surface area contributed by atoms with Crippen LogP contribution in [0.25, 0.3) is 0 Å². The van der Waals surface area contributed by atoms with Crippen molar-refractivity contribution in [2.45, 2.75) is 51.7 Å². The molecular formula is C15H24O2. The van der Waals surface area contributed by atoms with Crippen LogP contribution >= 0.6 is 0 Å². The Morgan fingerprint density at radius 2 is 2.18 bits per heavy atom. The molecule has 2 atom stereocenters. The van der Waals surface area contributed by atoms with Gasteiger partial charge in [0.1, 0.15) is 6.10 Å². The largest absolute Gasteiger partial charge is 0.390 e. The summed E-state index contributed by atoms with van der Waals surface area (Å²) >= 11 is 0. The van der Waals surface area contributed by atoms with E-state index < -0.39 is 0 Å². The highest BCUT2D eigenvalue weighted by molar-refractivity contribution is 5.19. The fourth-order valence-electron chi connectivity index (χ4n) is 1.91. The summed E-state index contributed by atoms with van der Waals surface area (Å²) in [5.41, 5.74) is 1.09. The van der Waals surface area contributed by atoms with Crippen molar-refractivity contribution >= 4 is 0 Å². The molecule has 2 nitrogen and oxygen atoms in total. The van der Waals surface area contributed by atoms with E-state index in [9.17, 15) is 5.11 Å². The summed E-state index contributed by atoms with van der Waals surface area (Å²) in [6, 6.07) is 0. The number of unbranched alkanes of at least 4 members (excludes halogenated alkanes) is 1. The monoisotopic (exact) mass is 236 g/mol. The lowest BCUT2D eigenvalue weighted by Crippen LogP contribution is -2.34. The van der Waals surface area contributed by atoms with Gasteiger partial charge in [-0.2, -0.15) is 0 Å². The maximum Gasteiger partial charge on any atom is 0.104 e. The summed E-state index contributed by atoms with van der Waals surface area (Å²) in [5.74, 6) is 0. The molecule has 96 valence electrons. The Bertz CT molecular complexity index is 289. The Morgan fingerprint density at radius 1 is 1.35 bits per heavy atom. The van der Waals surface area contributed by atoms with Crippen LogP contribution in [0.4, 0.5) is 0 Å². The van der Waals surface area contributed by atoms with Gasteiger partial charge in [0.15, 0.2) is 0 Å². The second kappa shape index (κ2) is 8.26. The summed E-state index contributed by atoms with van der Waals surface area (Å²) in [5, 5.41) is 9.81. The fourth-order valence-corrected chi connectivity index (χ4v) is 1.91. The first kappa shape index (κ1) is 14.2. The molecule has 2 heteroatoms. The number of hydrogen-bond donors (Lipinski definition) is 1. The summed E-state index contributed by atoms with van der Waals surface area (Å²) in [7, 11) is 0. The Kier molecular flexibility index (Phi) is 6.90. The second-order valence-electron chi connectivity index (χ2n) is 4.51. The average molecular weight is 236 g/mol. The van der Waals surface area contributed by atoms with Gasteiger partial charge >= 0.3 is 0 Å². The van der Waals surface area contributed by atoms with Crippen LogP contribution in [-0.2, 0) is 4.74 Å². The van der Waals surface area contributed by atoms with Crippen molar-refractivity contribution < 1.29 is 9.84 Å². The van der Waals surface area contributed by atoms with E-state index in [2.05, 4.69) is 19.1 Å². The van der Waals surface area contributed by atoms with E-state index in [1.54, 1.807) is 0 Å². The molecular weight excluding hydrogens is 212 g/mol. The van der Waals surface area contributed by atoms with Crippen molar-refractivity contribution in [2.75, 3.05) is 6.61 Å². The van der Waals surface area contributed by atoms with Gasteiger partial charge in [-0.3, -0.25) is 0 Å². The van der Waals surface area contributed by atoms with Crippen LogP contribution in [0.1, 0.15) is 39.5 Å². The maximum atomic E-state index is 9.81. The third-order valence-corrected chi connectivity index (χ3v) is 2.91. The normalized spacial score (nSPS) is 27.1. The average Bonchev–Trinajstić information content (AvgIpc) is 2.34. The molecule has 0 aromatic heterocycles. The molecule has 0 spiro atoms. The molecule has 1 heterocycles. The van der Waals surface area contributed by atoms with E-state index in [0.717, 1.165) is 31.4 Å². The van der Waals surface area contributed by atoms with Crippen LogP contribution in [-0.4, -0.2) is 23.9 Å². The van der Waals surface area contributed by atoms with Crippen molar-refractivity contribution in [1.29, 1.82) is 0 Å². The van der Waals surface area contributed by atoms with Gasteiger partial charge in [0.2, 0.25) is 0 Å². The zero-order valence-electron chi connectivity index (χ0n) is 10.9. The molecule has 0 saturated carbocycles. The SMILES string of the molecule is CCC/C=C/C=C/C=C(\C)[C@@H]1OCCC[C@H]1O. The molecule has 1 fully saturated rings. The number of rotatable bonds is 5. The molecule has 1 rings (SSSR count). The lowest BCUT2D eigenvalue weighted by Gasteiger charge is -2.28. The van der Waals surface area contributed by atoms with Crippen LogP contribution in [0.5, 0.6) is 0 Å². The summed E-state index contributed by atoms with van der Waals surface area (Å²) in [6.45, 7) is 4.94. The topological polar surface area (TPSA) is 29.5 Å². The van der Waals surface area contributed by atoms with Crippen molar-refractivity contribution in [3.63, 3.8) is 0 Å². The Labute approximate surface area is 105 Å². The van der Waals surface area contributed by atoms with Gasteiger partial charge < -0.3 is 9.84 Å². The van der Waals surface area contributed by atoms with Crippen molar-refractivity contribution in [1.82, 2.24) is 0 Å². The summed E-state index contributed by atoms with van der Waals surface area (Å²) < 4.78 is 5.58. The molecule has 0 unspecified atom stereocenters. The minimum absolute atomic E-state index is 0.118. The Balaban J connectivity index is 2.42. The van der Waals surface area contributed by atoms with E-state index in [4.69, 9.17) is 4.74 Å². The van der Waals surface area contributed by atoms with Gasteiger partial charge in [0.25, 0.3) is 0 Å². The molecule has 1 aliphatic rings. The van der Waals surface area contributed by atoms with E-state index >= 15 is 0 Å². The quantitative estimate of drug-likeness (QED) is 0.741. The fraction of sp³-hybridized carbons (Fsp3) is 0.600. The number of aliphatic hydroxyl groups excluding tert-OH is 1. The molecule has 0 aliphatic carbocycles. The molecule has 0 aromatic rings. The lowest BCUT2D eigenvalue weighted by atomic mass is 9.99. The second-order valence-corrected chi connectivity index (χ2v) is 4.51. The van der Waals surface area contributed by atoms with Gasteiger partial charge in [-0.25, -0.2) is 0 Å². The Morgan fingerprint density at radius 3 is 2.88 bits per heavy atom. The molecule has 17 heavy (non-hydrogen) atoms. The highest BCUT2D eigenvalue weighted by Crippen LogP contribution is 2.20. The molecule has 0 radical (unpaired) electrons. The van der Waals surface area contributed by atoms with Gasteiger partial charge in [-0.05, 0) is 31.8 Å². The van der Waals surface area contributed by atoms with Gasteiger partial charge in [-0.1, -0.05) is 43.7 Å². The molecule has 1 N–H and O–H groups in total. The van der Waals surface area contributed by atoms with E-state index in [1.165, 1.54) is 6.42 Å². The van der Waals surface area contributed by atoms with Crippen LogP contribution in [0, 0.1) is 0 Å². The predicted octanol–water partition coefficient (Wildman–Crippen LogP) is 3.39. The summed E-state index contributed by atoms with van der Waals surface area (Å²) in [6.07, 6.45) is 13.9. The van der Waals surface area contributed by atoms with Gasteiger partial charge in [0.05, 0.1) is 6.10 Å². The Hall–Kier alpha value is -0.860. The molecule has 1 saturated heterocycles. The first-order valence-corrected chi connectivity index (χ1v) is 6.55. The van der Waals surface area contributed by atoms with E-state index in [-0.39, 0.29) is 12.2 Å². The molecule has 0 bridgehead atoms. The highest BCUT2D eigenvalue weighted by Gasteiger charge is 2.24. The van der Waals surface area contributed by atoms with Gasteiger partial charge in [-0.15, -0.1) is 0 Å². The molecule has 0 aromatic carbocycles. The van der Waals surface area contributed by atoms with E-state index in [0.29, 0.717) is 0 Å². The summed E-state index contributed by atoms with van der Waals surface area (Å²) in [4.78, 5) is 0. The van der Waals surface area contributed by atoms with Crippen molar-refractivity contribution in [3.8, 4) is 0 Å². The number of ether oxygens (including phenoxy) is 1. The predicted molar refractivity (Wildman–Crippen MR) is 71.9 cm³/mol. The molecule has 0 amide bonds. The minimum atomic E-state index is -0.343. The maximum absolute atomic E-state index is 9.81. The minimum Gasteiger partial charge on any atom is -0.390 e. The van der Waals surface area contributed by atoms with Crippen molar-refractivity contribution in [3.05, 3.63) is 36.0 Å². The van der Waals surface area contributed by atoms with E-state index in [1.807, 2.05) is 25.2 Å². The van der Waals surface area contributed by atoms with Crippen LogP contribution in [0.15, 0.2) is 36.0 Å². The number of hydrogen-bond acceptors (Lipinski definition) is 2. The van der Waals surface area contributed by atoms with Gasteiger partial charge in [0, 0.05) is 6.61 Å². The smallest absolute Gasteiger partial charge is 0.104 e. The first-order chi connectivity index (χ1) is 8.25. The third-order valence-electron chi connectivity index (χ3n) is 2.91.